The minimum Gasteiger partial charge on any atom is -0.310 e. The van der Waals surface area contributed by atoms with Crippen molar-refractivity contribution in [3.63, 3.8) is 0 Å². The van der Waals surface area contributed by atoms with E-state index in [2.05, 4.69) is 76.0 Å². The molecule has 0 bridgehead atoms. The fourth-order valence-corrected chi connectivity index (χ4v) is 3.82. The monoisotopic (exact) mass is 403 g/mol. The predicted molar refractivity (Wildman–Crippen MR) is 94.4 cm³/mol. The summed E-state index contributed by atoms with van der Waals surface area (Å²) in [4.78, 5) is 0. The number of hydrogen-bond acceptors (Lipinski definition) is 3. The summed E-state index contributed by atoms with van der Waals surface area (Å²) in [5, 5.41) is 10.5. The van der Waals surface area contributed by atoms with Gasteiger partial charge in [0.05, 0.1) is 8.58 Å². The number of nitrogens with zero attached hydrogens (tertiary/aromatic N) is 2. The molecule has 110 valence electrons. The lowest BCUT2D eigenvalue weighted by atomic mass is 10.0. The molecule has 0 amide bonds. The van der Waals surface area contributed by atoms with Crippen molar-refractivity contribution in [3.8, 4) is 0 Å². The van der Waals surface area contributed by atoms with Crippen LogP contribution in [0.3, 0.4) is 0 Å². The molecule has 3 nitrogen and oxygen atoms in total. The van der Waals surface area contributed by atoms with Gasteiger partial charge in [-0.3, -0.25) is 4.68 Å². The van der Waals surface area contributed by atoms with Gasteiger partial charge in [0.25, 0.3) is 0 Å². The van der Waals surface area contributed by atoms with Crippen LogP contribution in [0.5, 0.6) is 0 Å². The minimum absolute atomic E-state index is 0.381. The third kappa shape index (κ3) is 3.83. The number of aryl methyl sites for hydroxylation is 2. The molecule has 0 spiro atoms. The molecule has 1 N–H and O–H groups in total. The summed E-state index contributed by atoms with van der Waals surface area (Å²) >= 11 is 4.20. The van der Waals surface area contributed by atoms with Crippen molar-refractivity contribution in [2.75, 3.05) is 6.54 Å². The molecule has 2 heterocycles. The van der Waals surface area contributed by atoms with Crippen molar-refractivity contribution in [1.29, 1.82) is 0 Å². The highest BCUT2D eigenvalue weighted by Gasteiger charge is 2.16. The van der Waals surface area contributed by atoms with E-state index in [4.69, 9.17) is 0 Å². The van der Waals surface area contributed by atoms with Crippen molar-refractivity contribution < 1.29 is 0 Å². The summed E-state index contributed by atoms with van der Waals surface area (Å²) in [6.07, 6.45) is 2.00. The van der Waals surface area contributed by atoms with E-state index in [-0.39, 0.29) is 0 Å². The van der Waals surface area contributed by atoms with Crippen molar-refractivity contribution in [3.05, 3.63) is 37.3 Å². The topological polar surface area (TPSA) is 29.9 Å². The largest absolute Gasteiger partial charge is 0.310 e. The first-order valence-corrected chi connectivity index (χ1v) is 9.16. The second-order valence-corrected chi connectivity index (χ2v) is 7.60. The fraction of sp³-hybridized carbons (Fsp3) is 0.533. The van der Waals surface area contributed by atoms with Crippen LogP contribution < -0.4 is 5.32 Å². The van der Waals surface area contributed by atoms with E-state index in [1.165, 1.54) is 19.8 Å². The molecule has 0 aromatic carbocycles. The van der Waals surface area contributed by atoms with E-state index in [1.54, 1.807) is 0 Å². The van der Waals surface area contributed by atoms with E-state index in [9.17, 15) is 0 Å². The molecule has 0 aliphatic carbocycles. The molecule has 2 aromatic heterocycles. The van der Waals surface area contributed by atoms with Crippen LogP contribution in [-0.2, 0) is 19.4 Å². The number of hydrogen-bond donors (Lipinski definition) is 1. The number of aromatic nitrogens is 2. The van der Waals surface area contributed by atoms with Gasteiger partial charge >= 0.3 is 0 Å². The Morgan fingerprint density at radius 1 is 1.35 bits per heavy atom. The lowest BCUT2D eigenvalue weighted by molar-refractivity contribution is 0.517. The van der Waals surface area contributed by atoms with Crippen LogP contribution in [0.1, 0.15) is 43.8 Å². The van der Waals surface area contributed by atoms with E-state index in [0.29, 0.717) is 6.04 Å². The van der Waals surface area contributed by atoms with Gasteiger partial charge in [-0.1, -0.05) is 13.8 Å². The third-order valence-corrected chi connectivity index (χ3v) is 5.24. The maximum absolute atomic E-state index is 4.65. The minimum atomic E-state index is 0.381. The van der Waals surface area contributed by atoms with Crippen LogP contribution in [0, 0.1) is 2.88 Å². The highest BCUT2D eigenvalue weighted by Crippen LogP contribution is 2.25. The normalized spacial score (nSPS) is 12.8. The molecular weight excluding hydrogens is 381 g/mol. The van der Waals surface area contributed by atoms with Gasteiger partial charge in [-0.2, -0.15) is 5.10 Å². The number of rotatable bonds is 7. The Hall–Kier alpha value is -0.400. The molecule has 5 heteroatoms. The first-order valence-electron chi connectivity index (χ1n) is 7.20. The zero-order chi connectivity index (χ0) is 14.5. The molecule has 1 unspecified atom stereocenters. The average Bonchev–Trinajstić information content (AvgIpc) is 3.04. The first kappa shape index (κ1) is 16.0. The summed E-state index contributed by atoms with van der Waals surface area (Å²) in [5.41, 5.74) is 3.91. The van der Waals surface area contributed by atoms with Crippen LogP contribution in [0.2, 0.25) is 0 Å². The Morgan fingerprint density at radius 3 is 2.70 bits per heavy atom. The Labute approximate surface area is 138 Å². The zero-order valence-corrected chi connectivity index (χ0v) is 15.3. The smallest absolute Gasteiger partial charge is 0.0656 e. The summed E-state index contributed by atoms with van der Waals surface area (Å²) in [5.74, 6) is 0. The zero-order valence-electron chi connectivity index (χ0n) is 12.3. The molecule has 2 aromatic rings. The lowest BCUT2D eigenvalue weighted by Gasteiger charge is -2.17. The van der Waals surface area contributed by atoms with Crippen molar-refractivity contribution in [1.82, 2.24) is 15.1 Å². The van der Waals surface area contributed by atoms with Gasteiger partial charge in [-0.15, -0.1) is 11.3 Å². The summed E-state index contributed by atoms with van der Waals surface area (Å²) in [7, 11) is 0. The number of halogens is 1. The van der Waals surface area contributed by atoms with Crippen LogP contribution in [0.4, 0.5) is 0 Å². The summed E-state index contributed by atoms with van der Waals surface area (Å²) in [6, 6.07) is 4.92. The molecule has 2 rings (SSSR count). The second kappa shape index (κ2) is 7.56. The van der Waals surface area contributed by atoms with E-state index < -0.39 is 0 Å². The predicted octanol–water partition coefficient (Wildman–Crippen LogP) is 4.02. The number of thiophene rings is 1. The van der Waals surface area contributed by atoms with Crippen molar-refractivity contribution >= 4 is 33.9 Å². The van der Waals surface area contributed by atoms with Gasteiger partial charge in [0, 0.05) is 24.7 Å². The van der Waals surface area contributed by atoms with Crippen molar-refractivity contribution in [2.45, 2.75) is 46.2 Å². The van der Waals surface area contributed by atoms with Gasteiger partial charge in [-0.25, -0.2) is 0 Å². The third-order valence-electron chi connectivity index (χ3n) is 3.43. The fourth-order valence-electron chi connectivity index (χ4n) is 2.40. The first-order chi connectivity index (χ1) is 9.67. The quantitative estimate of drug-likeness (QED) is 0.708. The maximum Gasteiger partial charge on any atom is 0.0656 e. The summed E-state index contributed by atoms with van der Waals surface area (Å²) in [6.45, 7) is 8.41. The van der Waals surface area contributed by atoms with Crippen LogP contribution >= 0.6 is 33.9 Å². The number of nitrogens with one attached hydrogen (secondary N) is 1. The van der Waals surface area contributed by atoms with Gasteiger partial charge in [-0.05, 0) is 65.6 Å². The molecule has 0 saturated heterocycles. The Bertz CT molecular complexity index is 547. The molecule has 0 aliphatic heterocycles. The Kier molecular flexibility index (Phi) is 6.04. The Morgan fingerprint density at radius 2 is 2.15 bits per heavy atom. The molecule has 0 radical (unpaired) electrons. The lowest BCUT2D eigenvalue weighted by Crippen LogP contribution is -2.23. The second-order valence-electron chi connectivity index (χ2n) is 4.79. The molecule has 0 aliphatic rings. The van der Waals surface area contributed by atoms with Crippen LogP contribution in [0.15, 0.2) is 17.5 Å². The van der Waals surface area contributed by atoms with E-state index in [0.717, 1.165) is 25.9 Å². The van der Waals surface area contributed by atoms with Gasteiger partial charge in [0.2, 0.25) is 0 Å². The standard InChI is InChI=1S/C15H22IN3S/c1-4-12-8-13(19(6-3)18-12)9-14(17-5-2)11-7-15(16)20-10-11/h7-8,10,14,17H,4-6,9H2,1-3H3. The average molecular weight is 403 g/mol. The van der Waals surface area contributed by atoms with Gasteiger partial charge in [0.15, 0.2) is 0 Å². The van der Waals surface area contributed by atoms with Crippen molar-refractivity contribution in [2.24, 2.45) is 0 Å². The highest BCUT2D eigenvalue weighted by atomic mass is 127. The molecular formula is C15H22IN3S. The van der Waals surface area contributed by atoms with Gasteiger partial charge < -0.3 is 5.32 Å². The Balaban J connectivity index is 2.21. The molecule has 1 atom stereocenters. The SMILES string of the molecule is CCNC(Cc1cc(CC)nn1CC)c1csc(I)c1. The molecule has 0 saturated carbocycles. The summed E-state index contributed by atoms with van der Waals surface area (Å²) < 4.78 is 3.49. The van der Waals surface area contributed by atoms with Crippen LogP contribution in [-0.4, -0.2) is 16.3 Å². The van der Waals surface area contributed by atoms with Crippen LogP contribution in [0.25, 0.3) is 0 Å². The van der Waals surface area contributed by atoms with E-state index >= 15 is 0 Å². The highest BCUT2D eigenvalue weighted by molar-refractivity contribution is 14.1. The maximum atomic E-state index is 4.65. The number of likely N-dealkylation sites (N-methyl/N-ethyl adjacent to an activating group) is 1. The molecule has 0 fully saturated rings. The van der Waals surface area contributed by atoms with Gasteiger partial charge in [0.1, 0.15) is 0 Å². The van der Waals surface area contributed by atoms with E-state index in [1.807, 2.05) is 11.3 Å². The molecule has 20 heavy (non-hydrogen) atoms.